The van der Waals surface area contributed by atoms with Crippen LogP contribution in [0.15, 0.2) is 12.1 Å². The molecule has 0 aliphatic rings. The van der Waals surface area contributed by atoms with E-state index in [1.807, 2.05) is 6.07 Å². The molecule has 20 heavy (non-hydrogen) atoms. The summed E-state index contributed by atoms with van der Waals surface area (Å²) >= 11 is 6.04. The van der Waals surface area contributed by atoms with E-state index in [4.69, 9.17) is 21.1 Å². The number of hydrogen-bond acceptors (Lipinski definition) is 4. The van der Waals surface area contributed by atoms with Gasteiger partial charge in [0, 0.05) is 13.2 Å². The zero-order valence-electron chi connectivity index (χ0n) is 12.3. The van der Waals surface area contributed by atoms with Crippen LogP contribution in [0, 0.1) is 5.92 Å². The van der Waals surface area contributed by atoms with Crippen LogP contribution in [0.5, 0.6) is 5.88 Å². The summed E-state index contributed by atoms with van der Waals surface area (Å²) < 4.78 is 12.6. The SMILES string of the molecule is COCC(C(C)C)n1c(CCl)nc2ccc(OC)nc21. The van der Waals surface area contributed by atoms with E-state index < -0.39 is 0 Å². The zero-order valence-corrected chi connectivity index (χ0v) is 13.0. The third kappa shape index (κ3) is 2.74. The molecule has 110 valence electrons. The Hall–Kier alpha value is -1.33. The Balaban J connectivity index is 2.63. The molecule has 0 N–H and O–H groups in total. The smallest absolute Gasteiger partial charge is 0.215 e. The molecule has 2 aromatic heterocycles. The third-order valence-corrected chi connectivity index (χ3v) is 3.59. The highest BCUT2D eigenvalue weighted by Crippen LogP contribution is 2.27. The average Bonchev–Trinajstić information content (AvgIpc) is 2.81. The third-order valence-electron chi connectivity index (χ3n) is 3.35. The molecule has 0 aliphatic carbocycles. The normalized spacial score (nSPS) is 13.1. The van der Waals surface area contributed by atoms with Crippen LogP contribution in [0.3, 0.4) is 0 Å². The first-order valence-corrected chi connectivity index (χ1v) is 7.12. The lowest BCUT2D eigenvalue weighted by Gasteiger charge is -2.23. The molecule has 0 saturated carbocycles. The maximum atomic E-state index is 6.04. The molecule has 0 aliphatic heterocycles. The Bertz CT molecular complexity index is 583. The number of aromatic nitrogens is 3. The minimum Gasteiger partial charge on any atom is -0.481 e. The van der Waals surface area contributed by atoms with Gasteiger partial charge in [-0.2, -0.15) is 4.98 Å². The molecule has 2 aromatic rings. The molecular weight excluding hydrogens is 278 g/mol. The monoisotopic (exact) mass is 297 g/mol. The van der Waals surface area contributed by atoms with Crippen LogP contribution in [-0.2, 0) is 10.6 Å². The second-order valence-electron chi connectivity index (χ2n) is 4.99. The van der Waals surface area contributed by atoms with Crippen molar-refractivity contribution in [1.82, 2.24) is 14.5 Å². The van der Waals surface area contributed by atoms with Crippen molar-refractivity contribution in [2.45, 2.75) is 25.8 Å². The predicted octanol–water partition coefficient (Wildman–Crippen LogP) is 3.02. The number of nitrogens with zero attached hydrogens (tertiary/aromatic N) is 3. The molecular formula is C14H20ClN3O2. The Morgan fingerprint density at radius 3 is 2.55 bits per heavy atom. The molecule has 2 heterocycles. The molecule has 0 fully saturated rings. The summed E-state index contributed by atoms with van der Waals surface area (Å²) in [7, 11) is 3.30. The van der Waals surface area contributed by atoms with Crippen molar-refractivity contribution in [3.8, 4) is 5.88 Å². The maximum absolute atomic E-state index is 6.04. The maximum Gasteiger partial charge on any atom is 0.215 e. The molecule has 0 bridgehead atoms. The Kier molecular flexibility index (Phi) is 4.83. The van der Waals surface area contributed by atoms with Gasteiger partial charge >= 0.3 is 0 Å². The van der Waals surface area contributed by atoms with E-state index in [2.05, 4.69) is 28.4 Å². The van der Waals surface area contributed by atoms with Crippen molar-refractivity contribution in [1.29, 1.82) is 0 Å². The van der Waals surface area contributed by atoms with E-state index in [-0.39, 0.29) is 6.04 Å². The standard InChI is InChI=1S/C14H20ClN3O2/c1-9(2)11(8-19-3)18-12(7-15)16-10-5-6-13(20-4)17-14(10)18/h5-6,9,11H,7-8H2,1-4H3. The van der Waals surface area contributed by atoms with Crippen LogP contribution in [-0.4, -0.2) is 35.4 Å². The van der Waals surface area contributed by atoms with Crippen LogP contribution < -0.4 is 4.74 Å². The fourth-order valence-electron chi connectivity index (χ4n) is 2.30. The lowest BCUT2D eigenvalue weighted by molar-refractivity contribution is 0.133. The highest BCUT2D eigenvalue weighted by molar-refractivity contribution is 6.16. The van der Waals surface area contributed by atoms with Gasteiger partial charge in [-0.25, -0.2) is 4.98 Å². The van der Waals surface area contributed by atoms with Crippen molar-refractivity contribution >= 4 is 22.8 Å². The number of hydrogen-bond donors (Lipinski definition) is 0. The molecule has 0 saturated heterocycles. The van der Waals surface area contributed by atoms with Crippen molar-refractivity contribution in [2.24, 2.45) is 5.92 Å². The number of fused-ring (bicyclic) bond motifs is 1. The van der Waals surface area contributed by atoms with Gasteiger partial charge in [-0.1, -0.05) is 13.8 Å². The first-order valence-electron chi connectivity index (χ1n) is 6.59. The van der Waals surface area contributed by atoms with Gasteiger partial charge in [0.05, 0.1) is 25.6 Å². The van der Waals surface area contributed by atoms with Crippen LogP contribution in [0.2, 0.25) is 0 Å². The van der Waals surface area contributed by atoms with E-state index in [0.717, 1.165) is 17.0 Å². The van der Waals surface area contributed by atoms with Gasteiger partial charge in [0.15, 0.2) is 5.65 Å². The van der Waals surface area contributed by atoms with Crippen molar-refractivity contribution in [3.63, 3.8) is 0 Å². The number of ether oxygens (including phenoxy) is 2. The summed E-state index contributed by atoms with van der Waals surface area (Å²) in [6.45, 7) is 4.88. The van der Waals surface area contributed by atoms with Crippen LogP contribution in [0.25, 0.3) is 11.2 Å². The van der Waals surface area contributed by atoms with E-state index in [1.54, 1.807) is 20.3 Å². The summed E-state index contributed by atoms with van der Waals surface area (Å²) in [6, 6.07) is 3.84. The average molecular weight is 298 g/mol. The predicted molar refractivity (Wildman–Crippen MR) is 79.4 cm³/mol. The first-order chi connectivity index (χ1) is 9.62. The number of pyridine rings is 1. The fraction of sp³-hybridized carbons (Fsp3) is 0.571. The number of methoxy groups -OCH3 is 2. The summed E-state index contributed by atoms with van der Waals surface area (Å²) in [5, 5.41) is 0. The van der Waals surface area contributed by atoms with E-state index in [9.17, 15) is 0 Å². The topological polar surface area (TPSA) is 49.2 Å². The molecule has 5 nitrogen and oxygen atoms in total. The van der Waals surface area contributed by atoms with Gasteiger partial charge in [0.2, 0.25) is 5.88 Å². The summed E-state index contributed by atoms with van der Waals surface area (Å²) in [6.07, 6.45) is 0. The van der Waals surface area contributed by atoms with Gasteiger partial charge in [0.25, 0.3) is 0 Å². The summed E-state index contributed by atoms with van der Waals surface area (Å²) in [5.74, 6) is 2.09. The second kappa shape index (κ2) is 6.41. The minimum atomic E-state index is 0.137. The van der Waals surface area contributed by atoms with E-state index >= 15 is 0 Å². The largest absolute Gasteiger partial charge is 0.481 e. The molecule has 6 heteroatoms. The van der Waals surface area contributed by atoms with Gasteiger partial charge in [0.1, 0.15) is 11.3 Å². The van der Waals surface area contributed by atoms with Crippen molar-refractivity contribution in [2.75, 3.05) is 20.8 Å². The van der Waals surface area contributed by atoms with Crippen LogP contribution in [0.4, 0.5) is 0 Å². The van der Waals surface area contributed by atoms with E-state index in [1.165, 1.54) is 0 Å². The van der Waals surface area contributed by atoms with Gasteiger partial charge in [-0.3, -0.25) is 0 Å². The van der Waals surface area contributed by atoms with Crippen molar-refractivity contribution in [3.05, 3.63) is 18.0 Å². The molecule has 0 amide bonds. The molecule has 0 radical (unpaired) electrons. The summed E-state index contributed by atoms with van der Waals surface area (Å²) in [4.78, 5) is 9.06. The van der Waals surface area contributed by atoms with Gasteiger partial charge in [-0.15, -0.1) is 11.6 Å². The van der Waals surface area contributed by atoms with Crippen LogP contribution >= 0.6 is 11.6 Å². The molecule has 1 atom stereocenters. The van der Waals surface area contributed by atoms with Gasteiger partial charge in [-0.05, 0) is 12.0 Å². The number of rotatable bonds is 6. The highest BCUT2D eigenvalue weighted by Gasteiger charge is 2.22. The Morgan fingerprint density at radius 1 is 1.25 bits per heavy atom. The van der Waals surface area contributed by atoms with Gasteiger partial charge < -0.3 is 14.0 Å². The minimum absolute atomic E-state index is 0.137. The number of imidazole rings is 1. The number of halogens is 1. The molecule has 2 rings (SSSR count). The fourth-order valence-corrected chi connectivity index (χ4v) is 2.48. The highest BCUT2D eigenvalue weighted by atomic mass is 35.5. The molecule has 1 unspecified atom stereocenters. The molecule has 0 spiro atoms. The quantitative estimate of drug-likeness (QED) is 0.769. The lowest BCUT2D eigenvalue weighted by Crippen LogP contribution is -2.22. The number of alkyl halides is 1. The van der Waals surface area contributed by atoms with E-state index in [0.29, 0.717) is 24.3 Å². The molecule has 0 aromatic carbocycles. The van der Waals surface area contributed by atoms with Crippen molar-refractivity contribution < 1.29 is 9.47 Å². The lowest BCUT2D eigenvalue weighted by atomic mass is 10.1. The Morgan fingerprint density at radius 2 is 2.00 bits per heavy atom. The summed E-state index contributed by atoms with van der Waals surface area (Å²) in [5.41, 5.74) is 1.61. The van der Waals surface area contributed by atoms with Crippen LogP contribution in [0.1, 0.15) is 25.7 Å². The second-order valence-corrected chi connectivity index (χ2v) is 5.26. The first kappa shape index (κ1) is 15.1. The zero-order chi connectivity index (χ0) is 14.7. The Labute approximate surface area is 123 Å².